The minimum absolute atomic E-state index is 0.185. The van der Waals surface area contributed by atoms with E-state index < -0.39 is 0 Å². The Balaban J connectivity index is 1.57. The molecule has 0 saturated heterocycles. The van der Waals surface area contributed by atoms with Crippen LogP contribution in [0.5, 0.6) is 0 Å². The SMILES string of the molecule is CC(NC(=O)c1cc2cc(Cl)ccc2[nH]1)c1nc2ccccc2[nH]1. The third-order valence-corrected chi connectivity index (χ3v) is 4.23. The number of benzene rings is 2. The highest BCUT2D eigenvalue weighted by molar-refractivity contribution is 6.31. The maximum atomic E-state index is 12.5. The Morgan fingerprint density at radius 3 is 2.79 bits per heavy atom. The number of nitrogens with zero attached hydrogens (tertiary/aromatic N) is 1. The number of fused-ring (bicyclic) bond motifs is 2. The molecule has 0 bridgehead atoms. The highest BCUT2D eigenvalue weighted by atomic mass is 35.5. The molecule has 1 atom stereocenters. The number of carbonyl (C=O) groups is 1. The van der Waals surface area contributed by atoms with Gasteiger partial charge >= 0.3 is 0 Å². The van der Waals surface area contributed by atoms with Gasteiger partial charge in [-0.3, -0.25) is 4.79 Å². The van der Waals surface area contributed by atoms with Crippen molar-refractivity contribution in [1.82, 2.24) is 20.3 Å². The summed E-state index contributed by atoms with van der Waals surface area (Å²) in [6.45, 7) is 1.90. The number of carbonyl (C=O) groups excluding carboxylic acids is 1. The minimum atomic E-state index is -0.236. The third-order valence-electron chi connectivity index (χ3n) is 3.99. The molecular weight excluding hydrogens is 324 g/mol. The number of rotatable bonds is 3. The van der Waals surface area contributed by atoms with Gasteiger partial charge in [0.25, 0.3) is 5.91 Å². The monoisotopic (exact) mass is 338 g/mol. The predicted molar refractivity (Wildman–Crippen MR) is 95.3 cm³/mol. The Bertz CT molecular complexity index is 1020. The Kier molecular flexibility index (Phi) is 3.50. The van der Waals surface area contributed by atoms with Crippen LogP contribution in [0.25, 0.3) is 21.9 Å². The summed E-state index contributed by atoms with van der Waals surface area (Å²) < 4.78 is 0. The molecule has 0 aliphatic rings. The van der Waals surface area contributed by atoms with Gasteiger partial charge in [0.2, 0.25) is 0 Å². The molecule has 3 N–H and O–H groups in total. The zero-order valence-electron chi connectivity index (χ0n) is 12.9. The van der Waals surface area contributed by atoms with E-state index >= 15 is 0 Å². The number of nitrogens with one attached hydrogen (secondary N) is 3. The van der Waals surface area contributed by atoms with Crippen molar-refractivity contribution in [2.24, 2.45) is 0 Å². The van der Waals surface area contributed by atoms with Gasteiger partial charge in [-0.1, -0.05) is 23.7 Å². The topological polar surface area (TPSA) is 73.6 Å². The molecule has 0 spiro atoms. The number of hydrogen-bond acceptors (Lipinski definition) is 2. The van der Waals surface area contributed by atoms with E-state index in [1.165, 1.54) is 0 Å². The highest BCUT2D eigenvalue weighted by Crippen LogP contribution is 2.21. The van der Waals surface area contributed by atoms with E-state index in [-0.39, 0.29) is 11.9 Å². The van der Waals surface area contributed by atoms with E-state index in [1.54, 1.807) is 12.1 Å². The van der Waals surface area contributed by atoms with Crippen LogP contribution >= 0.6 is 11.6 Å². The first-order valence-corrected chi connectivity index (χ1v) is 8.02. The molecule has 24 heavy (non-hydrogen) atoms. The molecular formula is C18H15ClN4O. The van der Waals surface area contributed by atoms with Gasteiger partial charge in [-0.25, -0.2) is 4.98 Å². The van der Waals surface area contributed by atoms with Gasteiger partial charge in [-0.15, -0.1) is 0 Å². The number of imidazole rings is 1. The summed E-state index contributed by atoms with van der Waals surface area (Å²) in [6, 6.07) is 14.8. The summed E-state index contributed by atoms with van der Waals surface area (Å²) in [5.74, 6) is 0.541. The molecule has 0 aliphatic carbocycles. The van der Waals surface area contributed by atoms with Crippen molar-refractivity contribution >= 4 is 39.4 Å². The number of para-hydroxylation sites is 2. The molecule has 2 aromatic heterocycles. The van der Waals surface area contributed by atoms with Crippen LogP contribution in [0.15, 0.2) is 48.5 Å². The molecule has 0 saturated carbocycles. The maximum absolute atomic E-state index is 12.5. The van der Waals surface area contributed by atoms with Crippen molar-refractivity contribution < 1.29 is 4.79 Å². The summed E-state index contributed by atoms with van der Waals surface area (Å²) in [5.41, 5.74) is 3.21. The molecule has 2 aromatic carbocycles. The zero-order valence-corrected chi connectivity index (χ0v) is 13.7. The zero-order chi connectivity index (χ0) is 16.7. The molecule has 0 aliphatic heterocycles. The minimum Gasteiger partial charge on any atom is -0.351 e. The lowest BCUT2D eigenvalue weighted by molar-refractivity contribution is 0.0934. The van der Waals surface area contributed by atoms with Crippen molar-refractivity contribution in [3.63, 3.8) is 0 Å². The van der Waals surface area contributed by atoms with E-state index in [9.17, 15) is 4.79 Å². The Hall–Kier alpha value is -2.79. The summed E-state index contributed by atoms with van der Waals surface area (Å²) in [7, 11) is 0. The van der Waals surface area contributed by atoms with Crippen molar-refractivity contribution in [1.29, 1.82) is 0 Å². The van der Waals surface area contributed by atoms with E-state index in [0.717, 1.165) is 27.8 Å². The molecule has 1 unspecified atom stereocenters. The van der Waals surface area contributed by atoms with Crippen molar-refractivity contribution in [3.8, 4) is 0 Å². The van der Waals surface area contributed by atoms with Gasteiger partial charge < -0.3 is 15.3 Å². The summed E-state index contributed by atoms with van der Waals surface area (Å²) in [4.78, 5) is 23.3. The number of aromatic amines is 2. The Labute approximate surface area is 143 Å². The van der Waals surface area contributed by atoms with Crippen LogP contribution in [0, 0.1) is 0 Å². The first kappa shape index (κ1) is 14.8. The molecule has 2 heterocycles. The molecule has 0 radical (unpaired) electrons. The van der Waals surface area contributed by atoms with E-state index in [2.05, 4.69) is 20.3 Å². The summed E-state index contributed by atoms with van der Waals surface area (Å²) in [5, 5.41) is 4.50. The van der Waals surface area contributed by atoms with E-state index in [4.69, 9.17) is 11.6 Å². The smallest absolute Gasteiger partial charge is 0.268 e. The van der Waals surface area contributed by atoms with Gasteiger partial charge in [0.1, 0.15) is 11.5 Å². The lowest BCUT2D eigenvalue weighted by atomic mass is 10.2. The second kappa shape index (κ2) is 5.69. The second-order valence-corrected chi connectivity index (χ2v) is 6.19. The number of amides is 1. The first-order valence-electron chi connectivity index (χ1n) is 7.64. The van der Waals surface area contributed by atoms with Crippen molar-refractivity contribution in [2.75, 3.05) is 0 Å². The van der Waals surface area contributed by atoms with Crippen LogP contribution < -0.4 is 5.32 Å². The lowest BCUT2D eigenvalue weighted by Gasteiger charge is -2.10. The maximum Gasteiger partial charge on any atom is 0.268 e. The third kappa shape index (κ3) is 2.63. The van der Waals surface area contributed by atoms with Crippen LogP contribution in [-0.4, -0.2) is 20.9 Å². The fraction of sp³-hybridized carbons (Fsp3) is 0.111. The summed E-state index contributed by atoms with van der Waals surface area (Å²) >= 11 is 5.98. The van der Waals surface area contributed by atoms with Gasteiger partial charge in [-0.2, -0.15) is 0 Å². The molecule has 6 heteroatoms. The fourth-order valence-corrected chi connectivity index (χ4v) is 2.93. The van der Waals surface area contributed by atoms with Gasteiger partial charge in [-0.05, 0) is 43.3 Å². The van der Waals surface area contributed by atoms with Crippen LogP contribution in [-0.2, 0) is 0 Å². The van der Waals surface area contributed by atoms with Crippen LogP contribution in [0.2, 0.25) is 5.02 Å². The molecule has 5 nitrogen and oxygen atoms in total. The van der Waals surface area contributed by atoms with Crippen molar-refractivity contribution in [2.45, 2.75) is 13.0 Å². The highest BCUT2D eigenvalue weighted by Gasteiger charge is 2.16. The lowest BCUT2D eigenvalue weighted by Crippen LogP contribution is -2.27. The van der Waals surface area contributed by atoms with Gasteiger partial charge in [0.05, 0.1) is 17.1 Å². The molecule has 4 rings (SSSR count). The predicted octanol–water partition coefficient (Wildman–Crippen LogP) is 4.19. The molecule has 1 amide bonds. The van der Waals surface area contributed by atoms with Crippen LogP contribution in [0.3, 0.4) is 0 Å². The van der Waals surface area contributed by atoms with Crippen LogP contribution in [0.4, 0.5) is 0 Å². The van der Waals surface area contributed by atoms with E-state index in [1.807, 2.05) is 43.3 Å². The second-order valence-electron chi connectivity index (χ2n) is 5.75. The average Bonchev–Trinajstić information content (AvgIpc) is 3.18. The fourth-order valence-electron chi connectivity index (χ4n) is 2.75. The quantitative estimate of drug-likeness (QED) is 0.524. The van der Waals surface area contributed by atoms with Gasteiger partial charge in [0, 0.05) is 15.9 Å². The first-order chi connectivity index (χ1) is 11.6. The number of hydrogen-bond donors (Lipinski definition) is 3. The van der Waals surface area contributed by atoms with Crippen molar-refractivity contribution in [3.05, 3.63) is 65.1 Å². The Morgan fingerprint density at radius 1 is 1.12 bits per heavy atom. The number of H-pyrrole nitrogens is 2. The average molecular weight is 339 g/mol. The number of aromatic nitrogens is 3. The Morgan fingerprint density at radius 2 is 1.96 bits per heavy atom. The largest absolute Gasteiger partial charge is 0.351 e. The molecule has 4 aromatic rings. The van der Waals surface area contributed by atoms with Crippen LogP contribution in [0.1, 0.15) is 29.3 Å². The van der Waals surface area contributed by atoms with Gasteiger partial charge in [0.15, 0.2) is 0 Å². The number of halogens is 1. The standard InChI is InChI=1S/C18H15ClN4O/c1-10(17-22-14-4-2-3-5-15(14)23-17)20-18(24)16-9-11-8-12(19)6-7-13(11)21-16/h2-10,21H,1H3,(H,20,24)(H,22,23). The molecule has 120 valence electrons. The normalized spacial score (nSPS) is 12.6. The summed E-state index contributed by atoms with van der Waals surface area (Å²) in [6.07, 6.45) is 0. The van der Waals surface area contributed by atoms with E-state index in [0.29, 0.717) is 10.7 Å². The molecule has 0 fully saturated rings.